The van der Waals surface area contributed by atoms with E-state index in [0.717, 1.165) is 0 Å². The molecule has 1 heterocycles. The van der Waals surface area contributed by atoms with E-state index in [1.807, 2.05) is 6.08 Å². The van der Waals surface area contributed by atoms with Crippen molar-refractivity contribution in [3.8, 4) is 0 Å². The number of nitrogens with one attached hydrogen (secondary N) is 1. The van der Waals surface area contributed by atoms with Crippen LogP contribution in [0.4, 0.5) is 0 Å². The van der Waals surface area contributed by atoms with Crippen LogP contribution >= 0.6 is 0 Å². The summed E-state index contributed by atoms with van der Waals surface area (Å²) in [5.74, 6) is -0.0984. The zero-order valence-corrected chi connectivity index (χ0v) is 7.39. The van der Waals surface area contributed by atoms with Gasteiger partial charge in [-0.05, 0) is 26.5 Å². The number of carbonyl (C=O) groups excluding carboxylic acids is 2. The second-order valence-electron chi connectivity index (χ2n) is 3.18. The molecule has 0 aromatic carbocycles. The summed E-state index contributed by atoms with van der Waals surface area (Å²) in [6.07, 6.45) is 4.14. The van der Waals surface area contributed by atoms with E-state index in [1.54, 1.807) is 6.20 Å². The Morgan fingerprint density at radius 2 is 1.92 bits per heavy atom. The molecular weight excluding hydrogens is 154 g/mol. The van der Waals surface area contributed by atoms with Crippen molar-refractivity contribution in [2.24, 2.45) is 5.41 Å². The lowest BCUT2D eigenvalue weighted by molar-refractivity contribution is -0.138. The lowest BCUT2D eigenvalue weighted by Gasteiger charge is -2.29. The largest absolute Gasteiger partial charge is 0.390 e. The van der Waals surface area contributed by atoms with Crippen LogP contribution in [0.25, 0.3) is 0 Å². The fourth-order valence-corrected chi connectivity index (χ4v) is 1.43. The van der Waals surface area contributed by atoms with Gasteiger partial charge < -0.3 is 5.32 Å². The van der Waals surface area contributed by atoms with E-state index in [1.165, 1.54) is 13.8 Å². The zero-order chi connectivity index (χ0) is 9.19. The number of Topliss-reactive ketones (excluding diaryl/α,β-unsaturated/α-hetero) is 2. The van der Waals surface area contributed by atoms with Gasteiger partial charge in [0.1, 0.15) is 17.0 Å². The fraction of sp³-hybridized carbons (Fsp3) is 0.556. The highest BCUT2D eigenvalue weighted by atomic mass is 16.2. The molecule has 1 N–H and O–H groups in total. The average Bonchev–Trinajstić information content (AvgIpc) is 2.05. The van der Waals surface area contributed by atoms with Crippen LogP contribution in [0.2, 0.25) is 0 Å². The molecule has 0 aromatic heterocycles. The van der Waals surface area contributed by atoms with Crippen LogP contribution < -0.4 is 5.32 Å². The lowest BCUT2D eigenvalue weighted by atomic mass is 9.76. The Morgan fingerprint density at radius 1 is 1.33 bits per heavy atom. The van der Waals surface area contributed by atoms with Crippen LogP contribution in [-0.2, 0) is 9.59 Å². The number of allylic oxidation sites excluding steroid dienone is 1. The number of rotatable bonds is 2. The summed E-state index contributed by atoms with van der Waals surface area (Å²) in [7, 11) is 0. The smallest absolute Gasteiger partial charge is 0.145 e. The first-order valence-electron chi connectivity index (χ1n) is 4.00. The van der Waals surface area contributed by atoms with E-state index >= 15 is 0 Å². The van der Waals surface area contributed by atoms with Gasteiger partial charge in [-0.25, -0.2) is 0 Å². The standard InChI is InChI=1S/C9H13NO2/c1-7(11)9(8(2)12)4-3-5-10-6-9/h3,5,10H,4,6H2,1-2H3. The van der Waals surface area contributed by atoms with Crippen molar-refractivity contribution in [2.75, 3.05) is 6.54 Å². The molecule has 0 aromatic rings. The Bertz CT molecular complexity index is 229. The van der Waals surface area contributed by atoms with Crippen LogP contribution in [0.5, 0.6) is 0 Å². The molecule has 0 amide bonds. The van der Waals surface area contributed by atoms with Crippen LogP contribution in [0, 0.1) is 5.41 Å². The summed E-state index contributed by atoms with van der Waals surface area (Å²) < 4.78 is 0. The van der Waals surface area contributed by atoms with E-state index < -0.39 is 5.41 Å². The van der Waals surface area contributed by atoms with Crippen molar-refractivity contribution in [1.29, 1.82) is 0 Å². The fourth-order valence-electron chi connectivity index (χ4n) is 1.43. The average molecular weight is 167 g/mol. The molecule has 1 aliphatic rings. The van der Waals surface area contributed by atoms with E-state index in [0.29, 0.717) is 13.0 Å². The molecule has 3 heteroatoms. The molecule has 0 saturated heterocycles. The Labute approximate surface area is 71.8 Å². The van der Waals surface area contributed by atoms with Gasteiger partial charge in [-0.2, -0.15) is 0 Å². The summed E-state index contributed by atoms with van der Waals surface area (Å²) in [4.78, 5) is 22.5. The van der Waals surface area contributed by atoms with Crippen LogP contribution in [0.3, 0.4) is 0 Å². The van der Waals surface area contributed by atoms with E-state index in [9.17, 15) is 9.59 Å². The van der Waals surface area contributed by atoms with E-state index in [2.05, 4.69) is 5.32 Å². The minimum absolute atomic E-state index is 0.0492. The van der Waals surface area contributed by atoms with Crippen LogP contribution in [0.1, 0.15) is 20.3 Å². The molecule has 1 aliphatic heterocycles. The first-order valence-corrected chi connectivity index (χ1v) is 4.00. The van der Waals surface area contributed by atoms with Gasteiger partial charge in [-0.3, -0.25) is 9.59 Å². The lowest BCUT2D eigenvalue weighted by Crippen LogP contribution is -2.45. The highest BCUT2D eigenvalue weighted by Gasteiger charge is 2.39. The summed E-state index contributed by atoms with van der Waals surface area (Å²) in [6, 6.07) is 0. The molecule has 0 fully saturated rings. The maximum atomic E-state index is 11.3. The molecule has 0 radical (unpaired) electrons. The summed E-state index contributed by atoms with van der Waals surface area (Å²) in [6.45, 7) is 3.39. The predicted molar refractivity (Wildman–Crippen MR) is 45.6 cm³/mol. The summed E-state index contributed by atoms with van der Waals surface area (Å²) in [5.41, 5.74) is -0.797. The normalized spacial score (nSPS) is 19.8. The van der Waals surface area contributed by atoms with Crippen molar-refractivity contribution < 1.29 is 9.59 Å². The third kappa shape index (κ3) is 1.26. The van der Waals surface area contributed by atoms with Crippen molar-refractivity contribution in [3.05, 3.63) is 12.3 Å². The monoisotopic (exact) mass is 167 g/mol. The molecule has 0 aliphatic carbocycles. The Hall–Kier alpha value is -1.12. The van der Waals surface area contributed by atoms with E-state index in [4.69, 9.17) is 0 Å². The third-order valence-corrected chi connectivity index (χ3v) is 2.45. The topological polar surface area (TPSA) is 46.2 Å². The Kier molecular flexibility index (Phi) is 2.31. The van der Waals surface area contributed by atoms with Gasteiger partial charge in [0.15, 0.2) is 0 Å². The van der Waals surface area contributed by atoms with Gasteiger partial charge >= 0.3 is 0 Å². The highest BCUT2D eigenvalue weighted by Crippen LogP contribution is 2.26. The first-order chi connectivity index (χ1) is 5.59. The minimum atomic E-state index is -0.797. The number of hydrogen-bond acceptors (Lipinski definition) is 3. The van der Waals surface area contributed by atoms with Gasteiger partial charge in [0.2, 0.25) is 0 Å². The SMILES string of the molecule is CC(=O)C1(C(C)=O)CC=CNC1. The van der Waals surface area contributed by atoms with Gasteiger partial charge in [-0.1, -0.05) is 6.08 Å². The van der Waals surface area contributed by atoms with Gasteiger partial charge in [-0.15, -0.1) is 0 Å². The Balaban J connectivity index is 2.94. The first kappa shape index (κ1) is 8.97. The zero-order valence-electron chi connectivity index (χ0n) is 7.39. The second kappa shape index (κ2) is 3.09. The molecule has 0 spiro atoms. The van der Waals surface area contributed by atoms with Crippen LogP contribution in [0.15, 0.2) is 12.3 Å². The van der Waals surface area contributed by atoms with Crippen molar-refractivity contribution >= 4 is 11.6 Å². The molecule has 1 rings (SSSR count). The van der Waals surface area contributed by atoms with Crippen molar-refractivity contribution in [1.82, 2.24) is 5.32 Å². The quantitative estimate of drug-likeness (QED) is 0.614. The minimum Gasteiger partial charge on any atom is -0.390 e. The highest BCUT2D eigenvalue weighted by molar-refractivity contribution is 6.05. The molecule has 3 nitrogen and oxygen atoms in total. The molecule has 0 unspecified atom stereocenters. The van der Waals surface area contributed by atoms with Crippen molar-refractivity contribution in [3.63, 3.8) is 0 Å². The number of hydrogen-bond donors (Lipinski definition) is 1. The van der Waals surface area contributed by atoms with Crippen LogP contribution in [-0.4, -0.2) is 18.1 Å². The Morgan fingerprint density at radius 3 is 2.17 bits per heavy atom. The molecule has 12 heavy (non-hydrogen) atoms. The summed E-state index contributed by atoms with van der Waals surface area (Å²) >= 11 is 0. The summed E-state index contributed by atoms with van der Waals surface area (Å²) in [5, 5.41) is 2.92. The maximum absolute atomic E-state index is 11.3. The van der Waals surface area contributed by atoms with Gasteiger partial charge in [0.25, 0.3) is 0 Å². The molecular formula is C9H13NO2. The third-order valence-electron chi connectivity index (χ3n) is 2.45. The number of ketones is 2. The molecule has 0 saturated carbocycles. The van der Waals surface area contributed by atoms with Gasteiger partial charge in [0.05, 0.1) is 0 Å². The number of carbonyl (C=O) groups is 2. The molecule has 66 valence electrons. The van der Waals surface area contributed by atoms with E-state index in [-0.39, 0.29) is 11.6 Å². The van der Waals surface area contributed by atoms with Gasteiger partial charge in [0, 0.05) is 6.54 Å². The second-order valence-corrected chi connectivity index (χ2v) is 3.18. The maximum Gasteiger partial charge on any atom is 0.145 e. The van der Waals surface area contributed by atoms with Crippen molar-refractivity contribution in [2.45, 2.75) is 20.3 Å². The molecule has 0 atom stereocenters. The molecule has 0 bridgehead atoms. The predicted octanol–water partition coefficient (Wildman–Crippen LogP) is 0.658.